The average Bonchev–Trinajstić information content (AvgIpc) is 2.12. The molecule has 1 rings (SSSR count). The van der Waals surface area contributed by atoms with E-state index in [1.165, 1.54) is 19.3 Å². The number of halogens is 1. The largest absolute Gasteiger partial charge is 0.235 e. The molecule has 0 radical (unpaired) electrons. The second kappa shape index (κ2) is 5.96. The minimum atomic E-state index is -3.32. The maximum Gasteiger partial charge on any atom is 0.235 e. The highest BCUT2D eigenvalue weighted by Crippen LogP contribution is 2.23. The molecule has 84 valence electrons. The van der Waals surface area contributed by atoms with Crippen LogP contribution in [0.15, 0.2) is 0 Å². The fraction of sp³-hybridized carbons (Fsp3) is 1.00. The molecule has 0 atom stereocenters. The molecule has 1 aliphatic carbocycles. The Morgan fingerprint density at radius 1 is 0.786 bits per heavy atom. The number of hydrogen-bond acceptors (Lipinski definition) is 2. The van der Waals surface area contributed by atoms with Crippen molar-refractivity contribution in [2.24, 2.45) is 0 Å². The molecule has 0 spiro atoms. The second-order valence-electron chi connectivity index (χ2n) is 4.15. The van der Waals surface area contributed by atoms with Crippen LogP contribution in [0.4, 0.5) is 0 Å². The monoisotopic (exact) mass is 238 g/mol. The summed E-state index contributed by atoms with van der Waals surface area (Å²) in [5.74, 6) is 0. The average molecular weight is 239 g/mol. The van der Waals surface area contributed by atoms with E-state index in [1.54, 1.807) is 0 Å². The molecule has 0 amide bonds. The summed E-state index contributed by atoms with van der Waals surface area (Å²) in [6.07, 6.45) is 9.64. The van der Waals surface area contributed by atoms with Crippen molar-refractivity contribution in [3.8, 4) is 0 Å². The Morgan fingerprint density at radius 3 is 1.50 bits per heavy atom. The van der Waals surface area contributed by atoms with Crippen molar-refractivity contribution in [3.63, 3.8) is 0 Å². The van der Waals surface area contributed by atoms with Gasteiger partial charge in [-0.25, -0.2) is 8.42 Å². The molecule has 4 heteroatoms. The van der Waals surface area contributed by atoms with Gasteiger partial charge in [-0.2, -0.15) is 0 Å². The first kappa shape index (κ1) is 12.3. The Hall–Kier alpha value is 0.240. The van der Waals surface area contributed by atoms with Crippen molar-refractivity contribution in [3.05, 3.63) is 0 Å². The molecule has 0 unspecified atom stereocenters. The maximum absolute atomic E-state index is 11.2. The molecule has 0 saturated heterocycles. The van der Waals surface area contributed by atoms with Gasteiger partial charge in [-0.15, -0.1) is 0 Å². The van der Waals surface area contributed by atoms with E-state index < -0.39 is 9.05 Å². The topological polar surface area (TPSA) is 34.1 Å². The van der Waals surface area contributed by atoms with Crippen LogP contribution in [-0.2, 0) is 9.05 Å². The molecule has 0 heterocycles. The van der Waals surface area contributed by atoms with Gasteiger partial charge in [0.25, 0.3) is 0 Å². The normalized spacial score (nSPS) is 23.2. The minimum absolute atomic E-state index is 0.290. The predicted octanol–water partition coefficient (Wildman–Crippen LogP) is 3.45. The van der Waals surface area contributed by atoms with Gasteiger partial charge in [-0.1, -0.05) is 44.9 Å². The summed E-state index contributed by atoms with van der Waals surface area (Å²) in [4.78, 5) is 0. The minimum Gasteiger partial charge on any atom is -0.212 e. The molecule has 2 nitrogen and oxygen atoms in total. The molecular formula is C10H19ClO2S. The fourth-order valence-corrected chi connectivity index (χ4v) is 3.48. The van der Waals surface area contributed by atoms with Crippen molar-refractivity contribution in [2.75, 3.05) is 0 Å². The van der Waals surface area contributed by atoms with E-state index >= 15 is 0 Å². The molecule has 0 aromatic heterocycles. The van der Waals surface area contributed by atoms with Gasteiger partial charge in [-0.05, 0) is 12.8 Å². The third-order valence-electron chi connectivity index (χ3n) is 2.95. The number of hydrogen-bond donors (Lipinski definition) is 0. The van der Waals surface area contributed by atoms with Crippen LogP contribution in [0, 0.1) is 0 Å². The van der Waals surface area contributed by atoms with Gasteiger partial charge >= 0.3 is 0 Å². The van der Waals surface area contributed by atoms with E-state index in [4.69, 9.17) is 10.7 Å². The SMILES string of the molecule is O=S(=O)(Cl)C1CCCCCCCCC1. The van der Waals surface area contributed by atoms with Gasteiger partial charge < -0.3 is 0 Å². The zero-order valence-electron chi connectivity index (χ0n) is 8.54. The summed E-state index contributed by atoms with van der Waals surface area (Å²) in [5, 5.41) is -0.290. The van der Waals surface area contributed by atoms with E-state index in [0.717, 1.165) is 38.5 Å². The van der Waals surface area contributed by atoms with Crippen LogP contribution in [0.3, 0.4) is 0 Å². The van der Waals surface area contributed by atoms with Gasteiger partial charge in [0, 0.05) is 10.7 Å². The Bertz CT molecular complexity index is 239. The zero-order valence-corrected chi connectivity index (χ0v) is 10.1. The van der Waals surface area contributed by atoms with Crippen molar-refractivity contribution >= 4 is 19.7 Å². The first-order valence-corrected chi connectivity index (χ1v) is 7.91. The molecule has 0 N–H and O–H groups in total. The van der Waals surface area contributed by atoms with E-state index in [0.29, 0.717) is 0 Å². The van der Waals surface area contributed by atoms with Crippen LogP contribution in [0.1, 0.15) is 57.8 Å². The van der Waals surface area contributed by atoms with Crippen molar-refractivity contribution in [1.82, 2.24) is 0 Å². The summed E-state index contributed by atoms with van der Waals surface area (Å²) < 4.78 is 22.4. The fourth-order valence-electron chi connectivity index (χ4n) is 2.05. The Morgan fingerprint density at radius 2 is 1.14 bits per heavy atom. The zero-order chi connectivity index (χ0) is 10.4. The summed E-state index contributed by atoms with van der Waals surface area (Å²) in [6, 6.07) is 0. The highest BCUT2D eigenvalue weighted by atomic mass is 35.7. The van der Waals surface area contributed by atoms with Crippen LogP contribution in [0.2, 0.25) is 0 Å². The lowest BCUT2D eigenvalue weighted by Gasteiger charge is -2.15. The van der Waals surface area contributed by atoms with E-state index in [2.05, 4.69) is 0 Å². The molecular weight excluding hydrogens is 220 g/mol. The Balaban J connectivity index is 2.47. The lowest BCUT2D eigenvalue weighted by Crippen LogP contribution is -2.16. The van der Waals surface area contributed by atoms with Crippen LogP contribution < -0.4 is 0 Å². The lowest BCUT2D eigenvalue weighted by atomic mass is 10.0. The molecule has 1 saturated carbocycles. The Labute approximate surface area is 91.5 Å². The molecule has 0 aromatic carbocycles. The second-order valence-corrected chi connectivity index (χ2v) is 7.06. The van der Waals surface area contributed by atoms with Crippen molar-refractivity contribution in [2.45, 2.75) is 63.0 Å². The smallest absolute Gasteiger partial charge is 0.212 e. The van der Waals surface area contributed by atoms with E-state index in [-0.39, 0.29) is 5.25 Å². The first-order chi connectivity index (χ1) is 6.61. The van der Waals surface area contributed by atoms with E-state index in [9.17, 15) is 8.42 Å². The molecule has 0 aromatic rings. The van der Waals surface area contributed by atoms with Gasteiger partial charge in [-0.3, -0.25) is 0 Å². The van der Waals surface area contributed by atoms with Gasteiger partial charge in [0.15, 0.2) is 0 Å². The first-order valence-electron chi connectivity index (χ1n) is 5.54. The molecule has 0 bridgehead atoms. The van der Waals surface area contributed by atoms with Crippen molar-refractivity contribution < 1.29 is 8.42 Å². The molecule has 14 heavy (non-hydrogen) atoms. The quantitative estimate of drug-likeness (QED) is 0.656. The lowest BCUT2D eigenvalue weighted by molar-refractivity contribution is 0.495. The summed E-state index contributed by atoms with van der Waals surface area (Å²) in [6.45, 7) is 0. The standard InChI is InChI=1S/C10H19ClO2S/c11-14(12,13)10-8-6-4-2-1-3-5-7-9-10/h10H,1-9H2. The van der Waals surface area contributed by atoms with Gasteiger partial charge in [0.2, 0.25) is 9.05 Å². The number of rotatable bonds is 1. The summed E-state index contributed by atoms with van der Waals surface area (Å²) in [5.41, 5.74) is 0. The summed E-state index contributed by atoms with van der Waals surface area (Å²) >= 11 is 0. The third kappa shape index (κ3) is 4.65. The maximum atomic E-state index is 11.2. The van der Waals surface area contributed by atoms with Crippen molar-refractivity contribution in [1.29, 1.82) is 0 Å². The van der Waals surface area contributed by atoms with Gasteiger partial charge in [0.05, 0.1) is 5.25 Å². The summed E-state index contributed by atoms with van der Waals surface area (Å²) in [7, 11) is 2.08. The Kier molecular flexibility index (Phi) is 5.24. The molecule has 0 aliphatic heterocycles. The highest BCUT2D eigenvalue weighted by molar-refractivity contribution is 8.14. The molecule has 1 aliphatic rings. The van der Waals surface area contributed by atoms with Crippen LogP contribution in [-0.4, -0.2) is 13.7 Å². The van der Waals surface area contributed by atoms with Crippen LogP contribution >= 0.6 is 10.7 Å². The van der Waals surface area contributed by atoms with Crippen LogP contribution in [0.25, 0.3) is 0 Å². The highest BCUT2D eigenvalue weighted by Gasteiger charge is 2.22. The van der Waals surface area contributed by atoms with Gasteiger partial charge in [0.1, 0.15) is 0 Å². The van der Waals surface area contributed by atoms with E-state index in [1.807, 2.05) is 0 Å². The third-order valence-corrected chi connectivity index (χ3v) is 4.97. The molecule has 1 fully saturated rings. The van der Waals surface area contributed by atoms with Crippen LogP contribution in [0.5, 0.6) is 0 Å². The predicted molar refractivity (Wildman–Crippen MR) is 60.1 cm³/mol.